The third-order valence-electron chi connectivity index (χ3n) is 2.41. The second-order valence-corrected chi connectivity index (χ2v) is 5.55. The average Bonchev–Trinajstić information content (AvgIpc) is 2.53. The van der Waals surface area contributed by atoms with Crippen molar-refractivity contribution in [3.8, 4) is 0 Å². The van der Waals surface area contributed by atoms with Crippen LogP contribution in [0.4, 0.5) is 4.79 Å². The van der Waals surface area contributed by atoms with Gasteiger partial charge in [0, 0.05) is 26.1 Å². The number of nitrogens with zero attached hydrogens (tertiary/aromatic N) is 4. The summed E-state index contributed by atoms with van der Waals surface area (Å²) in [7, 11) is 3.37. The molecule has 1 aromatic rings. The Bertz CT molecular complexity index is 479. The van der Waals surface area contributed by atoms with Crippen LogP contribution in [-0.4, -0.2) is 39.4 Å². The monoisotopic (exact) mass is 256 g/mol. The van der Waals surface area contributed by atoms with Gasteiger partial charge in [-0.2, -0.15) is 4.68 Å². The van der Waals surface area contributed by atoms with Crippen molar-refractivity contribution in [1.29, 1.82) is 0 Å². The molecule has 0 saturated carbocycles. The molecule has 0 unspecified atom stereocenters. The predicted octanol–water partition coefficient (Wildman–Crippen LogP) is 2.26. The van der Waals surface area contributed by atoms with Gasteiger partial charge in [0.25, 0.3) is 0 Å². The lowest BCUT2D eigenvalue weighted by Gasteiger charge is -2.17. The van der Waals surface area contributed by atoms with Crippen LogP contribution in [0.1, 0.15) is 33.5 Å². The molecule has 0 saturated heterocycles. The van der Waals surface area contributed by atoms with E-state index in [9.17, 15) is 4.79 Å². The fourth-order valence-corrected chi connectivity index (χ4v) is 1.88. The molecule has 1 amide bonds. The molecular weight excluding hydrogens is 236 g/mol. The van der Waals surface area contributed by atoms with Crippen LogP contribution in [0.25, 0.3) is 0 Å². The minimum atomic E-state index is -0.215. The highest BCUT2D eigenvalue weighted by Crippen LogP contribution is 2.21. The topological polar surface area (TPSA) is 43.1 Å². The lowest BCUT2D eigenvalue weighted by atomic mass is 9.96. The Morgan fingerprint density at radius 2 is 1.94 bits per heavy atom. The zero-order valence-electron chi connectivity index (χ0n) is 11.3. The number of amides is 1. The molecule has 0 aromatic carbocycles. The average molecular weight is 256 g/mol. The molecular formula is C11H20N4OS. The summed E-state index contributed by atoms with van der Waals surface area (Å²) in [6.45, 7) is 8.88. The van der Waals surface area contributed by atoms with Crippen molar-refractivity contribution in [2.75, 3.05) is 14.1 Å². The quantitative estimate of drug-likeness (QED) is 0.724. The fourth-order valence-electron chi connectivity index (χ4n) is 1.55. The molecule has 0 aliphatic rings. The van der Waals surface area contributed by atoms with Gasteiger partial charge in [-0.05, 0) is 19.1 Å². The van der Waals surface area contributed by atoms with Crippen LogP contribution < -0.4 is 0 Å². The van der Waals surface area contributed by atoms with Crippen molar-refractivity contribution in [3.63, 3.8) is 0 Å². The van der Waals surface area contributed by atoms with Crippen LogP contribution in [0.2, 0.25) is 0 Å². The normalized spacial score (nSPS) is 11.6. The molecule has 96 valence electrons. The molecule has 0 radical (unpaired) electrons. The van der Waals surface area contributed by atoms with Crippen molar-refractivity contribution in [2.24, 2.45) is 0 Å². The third-order valence-corrected chi connectivity index (χ3v) is 2.81. The lowest BCUT2D eigenvalue weighted by Crippen LogP contribution is -2.28. The molecule has 0 bridgehead atoms. The smallest absolute Gasteiger partial charge is 0.329 e. The number of aromatic nitrogens is 3. The summed E-state index contributed by atoms with van der Waals surface area (Å²) in [6.07, 6.45) is 0. The summed E-state index contributed by atoms with van der Waals surface area (Å²) >= 11 is 5.29. The summed E-state index contributed by atoms with van der Waals surface area (Å²) in [6, 6.07) is -0.215. The van der Waals surface area contributed by atoms with E-state index < -0.39 is 0 Å². The molecule has 17 heavy (non-hydrogen) atoms. The van der Waals surface area contributed by atoms with Crippen molar-refractivity contribution < 1.29 is 4.79 Å². The summed E-state index contributed by atoms with van der Waals surface area (Å²) in [4.78, 5) is 13.4. The molecule has 0 spiro atoms. The van der Waals surface area contributed by atoms with Gasteiger partial charge in [-0.3, -0.25) is 0 Å². The number of hydrogen-bond acceptors (Lipinski definition) is 3. The summed E-state index contributed by atoms with van der Waals surface area (Å²) in [5, 5.41) is 4.36. The zero-order chi connectivity index (χ0) is 13.4. The van der Waals surface area contributed by atoms with E-state index in [-0.39, 0.29) is 11.4 Å². The molecule has 0 fully saturated rings. The maximum Gasteiger partial charge on any atom is 0.346 e. The van der Waals surface area contributed by atoms with E-state index in [2.05, 4.69) is 25.9 Å². The van der Waals surface area contributed by atoms with Crippen LogP contribution in [0.5, 0.6) is 0 Å². The minimum absolute atomic E-state index is 0.137. The van der Waals surface area contributed by atoms with Crippen molar-refractivity contribution in [2.45, 2.75) is 39.7 Å². The molecule has 6 heteroatoms. The molecule has 0 aliphatic carbocycles. The molecule has 1 aromatic heterocycles. The first-order chi connectivity index (χ1) is 7.70. The van der Waals surface area contributed by atoms with E-state index >= 15 is 0 Å². The first-order valence-corrected chi connectivity index (χ1v) is 6.03. The van der Waals surface area contributed by atoms with Crippen LogP contribution in [0.15, 0.2) is 0 Å². The maximum absolute atomic E-state index is 11.9. The van der Waals surface area contributed by atoms with E-state index in [0.29, 0.717) is 11.3 Å². The largest absolute Gasteiger partial charge is 0.346 e. The highest BCUT2D eigenvalue weighted by molar-refractivity contribution is 7.71. The third kappa shape index (κ3) is 2.57. The minimum Gasteiger partial charge on any atom is -0.329 e. The van der Waals surface area contributed by atoms with Gasteiger partial charge in [-0.1, -0.05) is 20.8 Å². The van der Waals surface area contributed by atoms with Crippen LogP contribution in [0, 0.1) is 4.77 Å². The van der Waals surface area contributed by atoms with Gasteiger partial charge in [-0.15, -0.1) is 5.10 Å². The first kappa shape index (κ1) is 13.9. The van der Waals surface area contributed by atoms with Crippen LogP contribution in [0.3, 0.4) is 0 Å². The molecule has 1 heterocycles. The highest BCUT2D eigenvalue weighted by Gasteiger charge is 2.25. The van der Waals surface area contributed by atoms with E-state index in [4.69, 9.17) is 12.2 Å². The number of rotatable bonds is 1. The van der Waals surface area contributed by atoms with Gasteiger partial charge >= 0.3 is 6.03 Å². The Kier molecular flexibility index (Phi) is 3.76. The van der Waals surface area contributed by atoms with E-state index in [1.807, 2.05) is 11.5 Å². The molecule has 1 rings (SSSR count). The Hall–Kier alpha value is -1.17. The predicted molar refractivity (Wildman–Crippen MR) is 69.9 cm³/mol. The standard InChI is InChI=1S/C11H20N4OS/c1-7-14-8(11(2,3)4)12-15(10(14)17)9(16)13(5)6/h7H2,1-6H3. The van der Waals surface area contributed by atoms with Gasteiger partial charge < -0.3 is 9.47 Å². The first-order valence-electron chi connectivity index (χ1n) is 5.62. The Morgan fingerprint density at radius 3 is 2.24 bits per heavy atom. The molecule has 5 nitrogen and oxygen atoms in total. The lowest BCUT2D eigenvalue weighted by molar-refractivity contribution is 0.215. The fraction of sp³-hybridized carbons (Fsp3) is 0.727. The summed E-state index contributed by atoms with van der Waals surface area (Å²) in [5.74, 6) is 0.834. The van der Waals surface area contributed by atoms with E-state index in [1.54, 1.807) is 14.1 Å². The number of carbonyl (C=O) groups excluding carboxylic acids is 1. The molecule has 0 aliphatic heterocycles. The van der Waals surface area contributed by atoms with Gasteiger partial charge in [0.1, 0.15) is 5.82 Å². The summed E-state index contributed by atoms with van der Waals surface area (Å²) < 4.78 is 3.65. The second kappa shape index (κ2) is 4.60. The zero-order valence-corrected chi connectivity index (χ0v) is 12.1. The Labute approximate surface area is 107 Å². The second-order valence-electron chi connectivity index (χ2n) is 5.19. The van der Waals surface area contributed by atoms with Crippen molar-refractivity contribution >= 4 is 18.2 Å². The van der Waals surface area contributed by atoms with E-state index in [0.717, 1.165) is 5.82 Å². The maximum atomic E-state index is 11.9. The van der Waals surface area contributed by atoms with Crippen LogP contribution >= 0.6 is 12.2 Å². The summed E-state index contributed by atoms with van der Waals surface area (Å²) in [5.41, 5.74) is -0.137. The van der Waals surface area contributed by atoms with Gasteiger partial charge in [-0.25, -0.2) is 4.79 Å². The Morgan fingerprint density at radius 1 is 1.41 bits per heavy atom. The number of hydrogen-bond donors (Lipinski definition) is 0. The van der Waals surface area contributed by atoms with Crippen LogP contribution in [-0.2, 0) is 12.0 Å². The Balaban J connectivity index is 3.44. The van der Waals surface area contributed by atoms with Crippen molar-refractivity contribution in [1.82, 2.24) is 19.2 Å². The van der Waals surface area contributed by atoms with Gasteiger partial charge in [0.2, 0.25) is 4.77 Å². The van der Waals surface area contributed by atoms with Crippen molar-refractivity contribution in [3.05, 3.63) is 10.6 Å². The van der Waals surface area contributed by atoms with E-state index in [1.165, 1.54) is 9.58 Å². The number of carbonyl (C=O) groups is 1. The molecule has 0 atom stereocenters. The van der Waals surface area contributed by atoms with Gasteiger partial charge in [0.05, 0.1) is 0 Å². The van der Waals surface area contributed by atoms with Gasteiger partial charge in [0.15, 0.2) is 0 Å². The SMILES string of the molecule is CCn1c(C(C)(C)C)nn(C(=O)N(C)C)c1=S. The molecule has 0 N–H and O–H groups in total. The highest BCUT2D eigenvalue weighted by atomic mass is 32.1.